The molecule has 18 heavy (non-hydrogen) atoms. The van der Waals surface area contributed by atoms with E-state index in [2.05, 4.69) is 4.99 Å². The molecule has 6 nitrogen and oxygen atoms in total. The molecule has 0 aromatic carbocycles. The fourth-order valence-corrected chi connectivity index (χ4v) is 3.18. The summed E-state index contributed by atoms with van der Waals surface area (Å²) in [6, 6.07) is -0.560. The first-order chi connectivity index (χ1) is 8.40. The van der Waals surface area contributed by atoms with Crippen LogP contribution in [0.15, 0.2) is 4.99 Å². The number of rotatable bonds is 2. The molecule has 2 heterocycles. The average Bonchev–Trinajstić information content (AvgIpc) is 2.69. The van der Waals surface area contributed by atoms with Gasteiger partial charge < -0.3 is 25.0 Å². The van der Waals surface area contributed by atoms with Crippen molar-refractivity contribution in [1.82, 2.24) is 4.90 Å². The van der Waals surface area contributed by atoms with Crippen molar-refractivity contribution in [1.29, 1.82) is 0 Å². The fraction of sp³-hybridized carbons (Fsp3) is 0.900. The van der Waals surface area contributed by atoms with Gasteiger partial charge in [0.25, 0.3) is 0 Å². The van der Waals surface area contributed by atoms with Crippen molar-refractivity contribution in [3.63, 3.8) is 0 Å². The largest absolute Gasteiger partial charge is 0.388 e. The molecule has 5 unspecified atom stereocenters. The lowest BCUT2D eigenvalue weighted by atomic mass is 9.96. The van der Waals surface area contributed by atoms with Crippen molar-refractivity contribution in [3.05, 3.63) is 0 Å². The average molecular weight is 280 g/mol. The Morgan fingerprint density at radius 2 is 2.11 bits per heavy atom. The normalized spacial score (nSPS) is 41.2. The number of halogens is 1. The van der Waals surface area contributed by atoms with E-state index in [1.54, 1.807) is 4.90 Å². The number of alkyl halides is 1. The summed E-state index contributed by atoms with van der Waals surface area (Å²) >= 11 is 1.32. The maximum absolute atomic E-state index is 12.6. The number of aliphatic hydroxyl groups is 3. The number of ether oxygens (including phenoxy) is 1. The first kappa shape index (κ1) is 14.0. The quantitative estimate of drug-likeness (QED) is 0.610. The van der Waals surface area contributed by atoms with Crippen LogP contribution in [0, 0.1) is 0 Å². The summed E-state index contributed by atoms with van der Waals surface area (Å²) in [5.41, 5.74) is -0.454. The van der Waals surface area contributed by atoms with E-state index in [9.17, 15) is 14.6 Å². The van der Waals surface area contributed by atoms with Crippen molar-refractivity contribution in [3.8, 4) is 0 Å². The number of aliphatic hydroxyl groups excluding tert-OH is 3. The Kier molecular flexibility index (Phi) is 4.12. The van der Waals surface area contributed by atoms with Gasteiger partial charge in [0.1, 0.15) is 23.7 Å². The lowest BCUT2D eigenvalue weighted by molar-refractivity contribution is -0.169. The van der Waals surface area contributed by atoms with E-state index in [0.717, 1.165) is 0 Å². The Morgan fingerprint density at radius 1 is 1.44 bits per heavy atom. The molecule has 6 atom stereocenters. The van der Waals surface area contributed by atoms with Crippen LogP contribution in [0.5, 0.6) is 0 Å². The SMILES string of the molecule is CN(C)C1=NC2C(OC(C[C@H](O)F)C(O)C2O)S1. The van der Waals surface area contributed by atoms with Gasteiger partial charge in [-0.15, -0.1) is 0 Å². The summed E-state index contributed by atoms with van der Waals surface area (Å²) in [5, 5.41) is 29.2. The van der Waals surface area contributed by atoms with Gasteiger partial charge in [0.15, 0.2) is 11.5 Å². The van der Waals surface area contributed by atoms with E-state index in [-0.39, 0.29) is 6.42 Å². The molecule has 104 valence electrons. The van der Waals surface area contributed by atoms with Gasteiger partial charge in [-0.25, -0.2) is 4.39 Å². The Morgan fingerprint density at radius 3 is 2.67 bits per heavy atom. The van der Waals surface area contributed by atoms with E-state index in [1.807, 2.05) is 14.1 Å². The number of amidine groups is 1. The second-order valence-electron chi connectivity index (χ2n) is 4.61. The molecule has 2 aliphatic rings. The molecule has 0 bridgehead atoms. The molecule has 0 saturated carbocycles. The molecule has 0 amide bonds. The number of hydrogen-bond donors (Lipinski definition) is 3. The minimum atomic E-state index is -2.07. The molecular formula is C10H17FN2O4S. The third kappa shape index (κ3) is 2.62. The van der Waals surface area contributed by atoms with Crippen LogP contribution in [0.4, 0.5) is 4.39 Å². The lowest BCUT2D eigenvalue weighted by Crippen LogP contribution is -2.55. The zero-order chi connectivity index (χ0) is 13.4. The Balaban J connectivity index is 2.09. The molecule has 3 N–H and O–H groups in total. The molecule has 0 aliphatic carbocycles. The highest BCUT2D eigenvalue weighted by molar-refractivity contribution is 8.14. The summed E-state index contributed by atoms with van der Waals surface area (Å²) < 4.78 is 18.1. The van der Waals surface area contributed by atoms with Crippen LogP contribution in [0.2, 0.25) is 0 Å². The smallest absolute Gasteiger partial charge is 0.198 e. The van der Waals surface area contributed by atoms with Gasteiger partial charge in [-0.1, -0.05) is 11.8 Å². The predicted molar refractivity (Wildman–Crippen MR) is 64.9 cm³/mol. The molecule has 0 aromatic heterocycles. The minimum Gasteiger partial charge on any atom is -0.388 e. The van der Waals surface area contributed by atoms with Crippen LogP contribution in [-0.4, -0.2) is 75.6 Å². The van der Waals surface area contributed by atoms with Gasteiger partial charge >= 0.3 is 0 Å². The molecule has 2 rings (SSSR count). The van der Waals surface area contributed by atoms with Crippen LogP contribution in [0.1, 0.15) is 6.42 Å². The topological polar surface area (TPSA) is 85.5 Å². The number of fused-ring (bicyclic) bond motifs is 1. The van der Waals surface area contributed by atoms with Crippen molar-refractivity contribution in [2.75, 3.05) is 14.1 Å². The second kappa shape index (κ2) is 5.30. The van der Waals surface area contributed by atoms with Gasteiger partial charge in [-0.05, 0) is 0 Å². The monoisotopic (exact) mass is 280 g/mol. The molecule has 0 radical (unpaired) electrons. The van der Waals surface area contributed by atoms with Crippen molar-refractivity contribution in [2.24, 2.45) is 4.99 Å². The molecular weight excluding hydrogens is 263 g/mol. The van der Waals surface area contributed by atoms with Crippen molar-refractivity contribution in [2.45, 2.75) is 42.6 Å². The van der Waals surface area contributed by atoms with Crippen LogP contribution in [-0.2, 0) is 4.74 Å². The van der Waals surface area contributed by atoms with Crippen molar-refractivity contribution < 1.29 is 24.4 Å². The molecule has 0 aromatic rings. The second-order valence-corrected chi connectivity index (χ2v) is 5.67. The van der Waals surface area contributed by atoms with E-state index < -0.39 is 36.1 Å². The highest BCUT2D eigenvalue weighted by Gasteiger charge is 2.48. The first-order valence-electron chi connectivity index (χ1n) is 5.65. The molecule has 2 aliphatic heterocycles. The third-order valence-corrected chi connectivity index (χ3v) is 4.26. The van der Waals surface area contributed by atoms with E-state index >= 15 is 0 Å². The zero-order valence-corrected chi connectivity index (χ0v) is 10.9. The molecule has 1 saturated heterocycles. The highest BCUT2D eigenvalue weighted by atomic mass is 32.2. The lowest BCUT2D eigenvalue weighted by Gasteiger charge is -2.38. The maximum Gasteiger partial charge on any atom is 0.198 e. The highest BCUT2D eigenvalue weighted by Crippen LogP contribution is 2.37. The van der Waals surface area contributed by atoms with E-state index in [4.69, 9.17) is 9.84 Å². The molecule has 1 fully saturated rings. The Hall–Kier alpha value is -0.410. The maximum atomic E-state index is 12.6. The van der Waals surface area contributed by atoms with E-state index in [1.165, 1.54) is 11.8 Å². The first-order valence-corrected chi connectivity index (χ1v) is 6.53. The van der Waals surface area contributed by atoms with Crippen LogP contribution in [0.25, 0.3) is 0 Å². The van der Waals surface area contributed by atoms with Crippen LogP contribution < -0.4 is 0 Å². The zero-order valence-electron chi connectivity index (χ0n) is 10.1. The van der Waals surface area contributed by atoms with Crippen molar-refractivity contribution >= 4 is 16.9 Å². The number of thioether (sulfide) groups is 1. The fourth-order valence-electron chi connectivity index (χ4n) is 2.02. The van der Waals surface area contributed by atoms with E-state index in [0.29, 0.717) is 5.17 Å². The summed E-state index contributed by atoms with van der Waals surface area (Å²) in [4.78, 5) is 6.05. The van der Waals surface area contributed by atoms with Gasteiger partial charge in [0.05, 0.1) is 6.10 Å². The minimum absolute atomic E-state index is 0.362. The van der Waals surface area contributed by atoms with Gasteiger partial charge in [-0.3, -0.25) is 4.99 Å². The Labute approximate surface area is 108 Å². The summed E-state index contributed by atoms with van der Waals surface area (Å²) in [7, 11) is 3.63. The Bertz CT molecular complexity index is 342. The van der Waals surface area contributed by atoms with Gasteiger partial charge in [-0.2, -0.15) is 0 Å². The standard InChI is InChI=1S/C10H17FN2O4S/c1-13(2)10-12-6-8(16)7(15)4(3-5(11)14)17-9(6)18-10/h4-9,14-16H,3H2,1-2H3/t4?,5-,6?,7?,8?,9?/m0/s1. The summed E-state index contributed by atoms with van der Waals surface area (Å²) in [6.45, 7) is 0. The third-order valence-electron chi connectivity index (χ3n) is 2.96. The summed E-state index contributed by atoms with van der Waals surface area (Å²) in [5.74, 6) is 0. The predicted octanol–water partition coefficient (Wildman–Crippen LogP) is -0.856. The van der Waals surface area contributed by atoms with Crippen LogP contribution >= 0.6 is 11.8 Å². The van der Waals surface area contributed by atoms with Gasteiger partial charge in [0.2, 0.25) is 0 Å². The molecule has 0 spiro atoms. The summed E-state index contributed by atoms with van der Waals surface area (Å²) in [6.07, 6.45) is -5.72. The number of aliphatic imine (C=N–C) groups is 1. The number of hydrogen-bond acceptors (Lipinski definition) is 7. The molecule has 8 heteroatoms. The van der Waals surface area contributed by atoms with Crippen LogP contribution in [0.3, 0.4) is 0 Å². The van der Waals surface area contributed by atoms with Gasteiger partial charge in [0, 0.05) is 20.5 Å². The number of nitrogens with zero attached hydrogens (tertiary/aromatic N) is 2.